The van der Waals surface area contributed by atoms with E-state index >= 15 is 0 Å². The van der Waals surface area contributed by atoms with Gasteiger partial charge in [0, 0.05) is 45.5 Å². The minimum Gasteiger partial charge on any atom is -0.356 e. The first-order valence-corrected chi connectivity index (χ1v) is 9.12. The fraction of sp³-hybridized carbons (Fsp3) is 0.667. The van der Waals surface area contributed by atoms with E-state index in [0.717, 1.165) is 45.0 Å². The quantitative estimate of drug-likeness (QED) is 0.269. The van der Waals surface area contributed by atoms with E-state index in [1.165, 1.54) is 32.4 Å². The van der Waals surface area contributed by atoms with Crippen LogP contribution in [0.1, 0.15) is 32.1 Å². The molecule has 2 N–H and O–H groups in total. The number of piperidine rings is 1. The number of hydrogen-bond acceptors (Lipinski definition) is 3. The molecular formula is C18H32IN5O. The van der Waals surface area contributed by atoms with Crippen LogP contribution in [0.2, 0.25) is 0 Å². The minimum atomic E-state index is 0. The lowest BCUT2D eigenvalue weighted by Crippen LogP contribution is -2.42. The largest absolute Gasteiger partial charge is 0.356 e. The molecule has 1 aromatic heterocycles. The summed E-state index contributed by atoms with van der Waals surface area (Å²) in [5.41, 5.74) is 0.0700. The van der Waals surface area contributed by atoms with Gasteiger partial charge in [-0.1, -0.05) is 12.5 Å². The van der Waals surface area contributed by atoms with Crippen molar-refractivity contribution in [2.75, 3.05) is 39.8 Å². The Morgan fingerprint density at radius 1 is 1.08 bits per heavy atom. The van der Waals surface area contributed by atoms with E-state index in [4.69, 9.17) is 0 Å². The maximum Gasteiger partial charge on any atom is 0.250 e. The number of aromatic nitrogens is 1. The molecule has 0 amide bonds. The van der Waals surface area contributed by atoms with Gasteiger partial charge >= 0.3 is 0 Å². The Kier molecular flexibility index (Phi) is 11.6. The molecule has 1 aliphatic heterocycles. The molecule has 0 spiro atoms. The zero-order valence-corrected chi connectivity index (χ0v) is 17.6. The van der Waals surface area contributed by atoms with E-state index in [9.17, 15) is 4.79 Å². The average Bonchev–Trinajstić information content (AvgIpc) is 2.62. The summed E-state index contributed by atoms with van der Waals surface area (Å²) in [6.07, 6.45) is 7.86. The van der Waals surface area contributed by atoms with Crippen molar-refractivity contribution in [1.29, 1.82) is 0 Å². The number of nitrogens with one attached hydrogen (secondary N) is 2. The number of nitrogens with zero attached hydrogens (tertiary/aromatic N) is 3. The van der Waals surface area contributed by atoms with Gasteiger partial charge in [0.05, 0.1) is 0 Å². The van der Waals surface area contributed by atoms with Crippen LogP contribution in [0.25, 0.3) is 0 Å². The van der Waals surface area contributed by atoms with Gasteiger partial charge in [-0.15, -0.1) is 24.0 Å². The van der Waals surface area contributed by atoms with Gasteiger partial charge in [-0.2, -0.15) is 0 Å². The molecule has 142 valence electrons. The Morgan fingerprint density at radius 2 is 1.84 bits per heavy atom. The molecule has 0 radical (unpaired) electrons. The van der Waals surface area contributed by atoms with Gasteiger partial charge in [0.15, 0.2) is 5.96 Å². The molecule has 7 heteroatoms. The third-order valence-corrected chi connectivity index (χ3v) is 4.41. The highest BCUT2D eigenvalue weighted by atomic mass is 127. The minimum absolute atomic E-state index is 0. The van der Waals surface area contributed by atoms with Crippen LogP contribution in [-0.4, -0.2) is 55.2 Å². The molecule has 0 unspecified atom stereocenters. The maximum absolute atomic E-state index is 11.6. The fourth-order valence-electron chi connectivity index (χ4n) is 3.00. The number of likely N-dealkylation sites (tertiary alicyclic amines) is 1. The van der Waals surface area contributed by atoms with Crippen LogP contribution in [0.4, 0.5) is 0 Å². The topological polar surface area (TPSA) is 61.7 Å². The summed E-state index contributed by atoms with van der Waals surface area (Å²) in [4.78, 5) is 18.4. The lowest BCUT2D eigenvalue weighted by atomic mass is 10.1. The van der Waals surface area contributed by atoms with Gasteiger partial charge in [0.2, 0.25) is 5.56 Å². The molecule has 1 fully saturated rings. The number of unbranched alkanes of at least 4 members (excludes halogenated alkanes) is 1. The second-order valence-corrected chi connectivity index (χ2v) is 6.27. The smallest absolute Gasteiger partial charge is 0.250 e. The number of rotatable bonds is 8. The Morgan fingerprint density at radius 3 is 2.56 bits per heavy atom. The maximum atomic E-state index is 11.6. The molecule has 0 saturated carbocycles. The number of halogens is 1. The molecule has 1 aromatic rings. The highest BCUT2D eigenvalue weighted by molar-refractivity contribution is 14.0. The van der Waals surface area contributed by atoms with Gasteiger partial charge in [-0.25, -0.2) is 0 Å². The normalized spacial score (nSPS) is 15.5. The molecule has 2 rings (SSSR count). The number of aryl methyl sites for hydroxylation is 1. The van der Waals surface area contributed by atoms with Crippen molar-refractivity contribution in [2.24, 2.45) is 4.99 Å². The predicted octanol–water partition coefficient (Wildman–Crippen LogP) is 1.90. The van der Waals surface area contributed by atoms with E-state index in [1.54, 1.807) is 23.7 Å². The third kappa shape index (κ3) is 8.71. The second-order valence-electron chi connectivity index (χ2n) is 6.27. The highest BCUT2D eigenvalue weighted by Crippen LogP contribution is 2.07. The summed E-state index contributed by atoms with van der Waals surface area (Å²) in [7, 11) is 1.81. The van der Waals surface area contributed by atoms with Gasteiger partial charge in [0.25, 0.3) is 0 Å². The van der Waals surface area contributed by atoms with E-state index in [2.05, 4.69) is 20.5 Å². The molecule has 0 atom stereocenters. The van der Waals surface area contributed by atoms with Crippen LogP contribution in [0.3, 0.4) is 0 Å². The van der Waals surface area contributed by atoms with Crippen LogP contribution in [0, 0.1) is 0 Å². The number of aliphatic imine (C=N–C) groups is 1. The standard InChI is InChI=1S/C18H31N5O.HI/c1-19-18(21-11-16-22-12-5-2-6-13-22)20-10-4-8-15-23-14-7-3-9-17(23)24;/h3,7,9,14H,2,4-6,8,10-13,15-16H2,1H3,(H2,19,20,21);1H. The first kappa shape index (κ1) is 22.0. The van der Waals surface area contributed by atoms with Gasteiger partial charge < -0.3 is 20.1 Å². The monoisotopic (exact) mass is 461 g/mol. The van der Waals surface area contributed by atoms with E-state index in [0.29, 0.717) is 0 Å². The highest BCUT2D eigenvalue weighted by Gasteiger charge is 2.09. The van der Waals surface area contributed by atoms with Gasteiger partial charge in [-0.05, 0) is 44.8 Å². The summed E-state index contributed by atoms with van der Waals surface area (Å²) in [6, 6.07) is 5.28. The first-order chi connectivity index (χ1) is 11.8. The van der Waals surface area contributed by atoms with Gasteiger partial charge in [-0.3, -0.25) is 9.79 Å². The van der Waals surface area contributed by atoms with Crippen LogP contribution in [0.5, 0.6) is 0 Å². The molecule has 25 heavy (non-hydrogen) atoms. The number of hydrogen-bond donors (Lipinski definition) is 2. The molecule has 6 nitrogen and oxygen atoms in total. The predicted molar refractivity (Wildman–Crippen MR) is 115 cm³/mol. The third-order valence-electron chi connectivity index (χ3n) is 4.41. The molecule has 0 bridgehead atoms. The van der Waals surface area contributed by atoms with Gasteiger partial charge in [0.1, 0.15) is 0 Å². The van der Waals surface area contributed by atoms with Crippen molar-refractivity contribution in [3.8, 4) is 0 Å². The van der Waals surface area contributed by atoms with Crippen LogP contribution >= 0.6 is 24.0 Å². The van der Waals surface area contributed by atoms with Crippen molar-refractivity contribution in [3.63, 3.8) is 0 Å². The van der Waals surface area contributed by atoms with Crippen molar-refractivity contribution in [3.05, 3.63) is 34.7 Å². The fourth-order valence-corrected chi connectivity index (χ4v) is 3.00. The number of pyridine rings is 1. The summed E-state index contributed by atoms with van der Waals surface area (Å²) in [6.45, 7) is 6.10. The zero-order valence-electron chi connectivity index (χ0n) is 15.2. The molecular weight excluding hydrogens is 429 g/mol. The Hall–Kier alpha value is -1.09. The van der Waals surface area contributed by atoms with E-state index in [1.807, 2.05) is 12.3 Å². The lowest BCUT2D eigenvalue weighted by molar-refractivity contribution is 0.232. The van der Waals surface area contributed by atoms with Crippen molar-refractivity contribution in [2.45, 2.75) is 38.6 Å². The van der Waals surface area contributed by atoms with Crippen LogP contribution < -0.4 is 16.2 Å². The second kappa shape index (κ2) is 13.2. The Bertz CT molecular complexity index is 554. The summed E-state index contributed by atoms with van der Waals surface area (Å²) >= 11 is 0. The zero-order chi connectivity index (χ0) is 17.0. The Labute approximate surface area is 168 Å². The Balaban J connectivity index is 0.00000312. The average molecular weight is 461 g/mol. The first-order valence-electron chi connectivity index (χ1n) is 9.12. The molecule has 1 saturated heterocycles. The molecule has 1 aliphatic rings. The van der Waals surface area contributed by atoms with E-state index in [-0.39, 0.29) is 29.5 Å². The summed E-state index contributed by atoms with van der Waals surface area (Å²) in [5.74, 6) is 0.865. The van der Waals surface area contributed by atoms with E-state index < -0.39 is 0 Å². The van der Waals surface area contributed by atoms with Crippen LogP contribution in [-0.2, 0) is 6.54 Å². The van der Waals surface area contributed by atoms with Crippen molar-refractivity contribution in [1.82, 2.24) is 20.1 Å². The van der Waals surface area contributed by atoms with Crippen molar-refractivity contribution < 1.29 is 0 Å². The summed E-state index contributed by atoms with van der Waals surface area (Å²) < 4.78 is 1.76. The number of guanidine groups is 1. The van der Waals surface area contributed by atoms with Crippen LogP contribution in [0.15, 0.2) is 34.2 Å². The SMILES string of the molecule is CN=C(NCCCCn1ccccc1=O)NCCN1CCCCC1.I. The molecule has 0 aromatic carbocycles. The lowest BCUT2D eigenvalue weighted by Gasteiger charge is -2.26. The summed E-state index contributed by atoms with van der Waals surface area (Å²) in [5, 5.41) is 6.72. The molecule has 2 heterocycles. The van der Waals surface area contributed by atoms with Crippen molar-refractivity contribution >= 4 is 29.9 Å². The molecule has 0 aliphatic carbocycles.